The molecule has 1 aromatic rings. The first-order chi connectivity index (χ1) is 9.38. The van der Waals surface area contributed by atoms with Crippen molar-refractivity contribution in [3.63, 3.8) is 0 Å². The predicted molar refractivity (Wildman–Crippen MR) is 81.8 cm³/mol. The molecule has 2 N–H and O–H groups in total. The highest BCUT2D eigenvalue weighted by Gasteiger charge is 2.27. The second-order valence-electron chi connectivity index (χ2n) is 4.94. The van der Waals surface area contributed by atoms with E-state index in [1.807, 2.05) is 0 Å². The number of nitro benzene ring substituents is 1. The number of nitrogens with zero attached hydrogens (tertiary/aromatic N) is 2. The Labute approximate surface area is 129 Å². The van der Waals surface area contributed by atoms with Crippen molar-refractivity contribution in [2.24, 2.45) is 5.73 Å². The molecule has 1 aliphatic heterocycles. The van der Waals surface area contributed by atoms with E-state index in [1.165, 1.54) is 28.6 Å². The highest BCUT2D eigenvalue weighted by atomic mass is 35.5. The van der Waals surface area contributed by atoms with Gasteiger partial charge in [-0.1, -0.05) is 12.1 Å². The molecule has 0 saturated carbocycles. The van der Waals surface area contributed by atoms with Gasteiger partial charge in [0.1, 0.15) is 0 Å². The highest BCUT2D eigenvalue weighted by molar-refractivity contribution is 7.88. The SMILES string of the molecule is Cl.NC1CCCN(S(=O)(=O)Cc2ccc([N+](=O)[O-])cc2)C1. The minimum absolute atomic E-state index is 0. The maximum absolute atomic E-state index is 12.3. The molecule has 7 nitrogen and oxygen atoms in total. The van der Waals surface area contributed by atoms with Gasteiger partial charge in [-0.05, 0) is 18.4 Å². The van der Waals surface area contributed by atoms with Gasteiger partial charge in [0.25, 0.3) is 5.69 Å². The number of hydrogen-bond donors (Lipinski definition) is 1. The molecule has 118 valence electrons. The maximum Gasteiger partial charge on any atom is 0.269 e. The number of nitro groups is 1. The average molecular weight is 336 g/mol. The van der Waals surface area contributed by atoms with Crippen LogP contribution in [0.4, 0.5) is 5.69 Å². The third-order valence-electron chi connectivity index (χ3n) is 3.31. The number of hydrogen-bond acceptors (Lipinski definition) is 5. The van der Waals surface area contributed by atoms with Crippen molar-refractivity contribution in [2.75, 3.05) is 13.1 Å². The van der Waals surface area contributed by atoms with E-state index in [-0.39, 0.29) is 29.9 Å². The molecule has 1 aliphatic rings. The quantitative estimate of drug-likeness (QED) is 0.658. The molecule has 9 heteroatoms. The summed E-state index contributed by atoms with van der Waals surface area (Å²) in [5, 5.41) is 10.5. The van der Waals surface area contributed by atoms with Gasteiger partial charge in [-0.15, -0.1) is 12.4 Å². The van der Waals surface area contributed by atoms with Crippen LogP contribution in [-0.2, 0) is 15.8 Å². The minimum Gasteiger partial charge on any atom is -0.327 e. The van der Waals surface area contributed by atoms with Crippen molar-refractivity contribution < 1.29 is 13.3 Å². The lowest BCUT2D eigenvalue weighted by atomic mass is 10.1. The van der Waals surface area contributed by atoms with Crippen LogP contribution in [0.15, 0.2) is 24.3 Å². The van der Waals surface area contributed by atoms with Crippen LogP contribution in [0.5, 0.6) is 0 Å². The Morgan fingerprint density at radius 3 is 2.48 bits per heavy atom. The minimum atomic E-state index is -3.42. The zero-order chi connectivity index (χ0) is 14.8. The van der Waals surface area contributed by atoms with Gasteiger partial charge in [0.15, 0.2) is 0 Å². The smallest absolute Gasteiger partial charge is 0.269 e. The van der Waals surface area contributed by atoms with Gasteiger partial charge < -0.3 is 5.73 Å². The fourth-order valence-electron chi connectivity index (χ4n) is 2.24. The van der Waals surface area contributed by atoms with Crippen molar-refractivity contribution >= 4 is 28.1 Å². The van der Waals surface area contributed by atoms with Gasteiger partial charge in [0, 0.05) is 31.3 Å². The van der Waals surface area contributed by atoms with E-state index >= 15 is 0 Å². The predicted octanol–water partition coefficient (Wildman–Crippen LogP) is 1.27. The summed E-state index contributed by atoms with van der Waals surface area (Å²) >= 11 is 0. The molecule has 0 radical (unpaired) electrons. The van der Waals surface area contributed by atoms with E-state index in [9.17, 15) is 18.5 Å². The zero-order valence-electron chi connectivity index (χ0n) is 11.3. The summed E-state index contributed by atoms with van der Waals surface area (Å²) < 4.78 is 25.9. The Balaban J connectivity index is 0.00000220. The molecule has 1 unspecified atom stereocenters. The number of non-ortho nitro benzene ring substituents is 1. The Hall–Kier alpha value is -1.22. The summed E-state index contributed by atoms with van der Waals surface area (Å²) in [6, 6.07) is 5.45. The topological polar surface area (TPSA) is 107 Å². The highest BCUT2D eigenvalue weighted by Crippen LogP contribution is 2.18. The van der Waals surface area contributed by atoms with Crippen LogP contribution >= 0.6 is 12.4 Å². The molecule has 0 aromatic heterocycles. The summed E-state index contributed by atoms with van der Waals surface area (Å²) in [4.78, 5) is 10.0. The van der Waals surface area contributed by atoms with Crippen molar-refractivity contribution in [1.29, 1.82) is 0 Å². The van der Waals surface area contributed by atoms with Gasteiger partial charge >= 0.3 is 0 Å². The Morgan fingerprint density at radius 1 is 1.33 bits per heavy atom. The van der Waals surface area contributed by atoms with Gasteiger partial charge in [-0.2, -0.15) is 0 Å². The largest absolute Gasteiger partial charge is 0.327 e. The number of halogens is 1. The standard InChI is InChI=1S/C12H17N3O4S.ClH/c13-11-2-1-7-14(8-11)20(18,19)9-10-3-5-12(6-4-10)15(16)17;/h3-6,11H,1-2,7-9,13H2;1H. The van der Waals surface area contributed by atoms with Crippen LogP contribution in [0.1, 0.15) is 18.4 Å². The molecule has 0 aliphatic carbocycles. The number of nitrogens with two attached hydrogens (primary N) is 1. The molecule has 0 spiro atoms. The number of benzene rings is 1. The molecule has 0 bridgehead atoms. The summed E-state index contributed by atoms with van der Waals surface area (Å²) in [5.41, 5.74) is 6.27. The lowest BCUT2D eigenvalue weighted by Crippen LogP contribution is -2.46. The first-order valence-corrected chi connectivity index (χ1v) is 7.96. The van der Waals surface area contributed by atoms with Crippen molar-refractivity contribution in [3.8, 4) is 0 Å². The van der Waals surface area contributed by atoms with Crippen LogP contribution in [-0.4, -0.2) is 36.8 Å². The zero-order valence-corrected chi connectivity index (χ0v) is 13.0. The summed E-state index contributed by atoms with van der Waals surface area (Å²) in [7, 11) is -3.42. The van der Waals surface area contributed by atoms with Crippen LogP contribution in [0, 0.1) is 10.1 Å². The molecule has 1 atom stereocenters. The molecule has 0 amide bonds. The van der Waals surface area contributed by atoms with Gasteiger partial charge in [-0.25, -0.2) is 12.7 Å². The molecular formula is C12H18ClN3O4S. The lowest BCUT2D eigenvalue weighted by Gasteiger charge is -2.29. The fourth-order valence-corrected chi connectivity index (χ4v) is 3.86. The van der Waals surface area contributed by atoms with E-state index in [2.05, 4.69) is 0 Å². The first-order valence-electron chi connectivity index (χ1n) is 6.35. The molecule has 1 fully saturated rings. The molecular weight excluding hydrogens is 318 g/mol. The van der Waals surface area contributed by atoms with Crippen molar-refractivity contribution in [3.05, 3.63) is 39.9 Å². The molecule has 1 saturated heterocycles. The first kappa shape index (κ1) is 17.8. The molecule has 1 aromatic carbocycles. The van der Waals surface area contributed by atoms with Gasteiger partial charge in [0.2, 0.25) is 10.0 Å². The second-order valence-corrected chi connectivity index (χ2v) is 6.91. The Morgan fingerprint density at radius 2 is 1.95 bits per heavy atom. The van der Waals surface area contributed by atoms with Crippen LogP contribution in [0.25, 0.3) is 0 Å². The average Bonchev–Trinajstić information content (AvgIpc) is 2.39. The molecule has 1 heterocycles. The second kappa shape index (κ2) is 7.17. The van der Waals surface area contributed by atoms with Crippen molar-refractivity contribution in [1.82, 2.24) is 4.31 Å². The molecule has 21 heavy (non-hydrogen) atoms. The fraction of sp³-hybridized carbons (Fsp3) is 0.500. The van der Waals surface area contributed by atoms with Crippen LogP contribution in [0.3, 0.4) is 0 Å². The van der Waals surface area contributed by atoms with E-state index in [1.54, 1.807) is 0 Å². The third kappa shape index (κ3) is 4.63. The Kier molecular flexibility index (Phi) is 6.09. The van der Waals surface area contributed by atoms with E-state index in [4.69, 9.17) is 5.73 Å². The Bertz CT molecular complexity index is 591. The van der Waals surface area contributed by atoms with Gasteiger partial charge in [-0.3, -0.25) is 10.1 Å². The van der Waals surface area contributed by atoms with Crippen molar-refractivity contribution in [2.45, 2.75) is 24.6 Å². The molecule has 2 rings (SSSR count). The van der Waals surface area contributed by atoms with E-state index < -0.39 is 14.9 Å². The van der Waals surface area contributed by atoms with E-state index in [0.717, 1.165) is 12.8 Å². The lowest BCUT2D eigenvalue weighted by molar-refractivity contribution is -0.384. The number of sulfonamides is 1. The van der Waals surface area contributed by atoms with E-state index in [0.29, 0.717) is 18.7 Å². The normalized spacial score (nSPS) is 19.8. The third-order valence-corrected chi connectivity index (χ3v) is 5.13. The van der Waals surface area contributed by atoms with Gasteiger partial charge in [0.05, 0.1) is 10.7 Å². The van der Waals surface area contributed by atoms with Crippen LogP contribution in [0.2, 0.25) is 0 Å². The monoisotopic (exact) mass is 335 g/mol. The summed E-state index contributed by atoms with van der Waals surface area (Å²) in [6.45, 7) is 0.832. The maximum atomic E-state index is 12.3. The summed E-state index contributed by atoms with van der Waals surface area (Å²) in [6.07, 6.45) is 1.60. The number of piperidine rings is 1. The van der Waals surface area contributed by atoms with Crippen LogP contribution < -0.4 is 5.73 Å². The number of rotatable bonds is 4. The summed E-state index contributed by atoms with van der Waals surface area (Å²) in [5.74, 6) is -0.155.